The number of hydrogen-bond acceptors (Lipinski definition) is 5. The van der Waals surface area contributed by atoms with Gasteiger partial charge in [-0.05, 0) is 22.4 Å². The van der Waals surface area contributed by atoms with Crippen molar-refractivity contribution in [3.05, 3.63) is 60.2 Å². The van der Waals surface area contributed by atoms with Gasteiger partial charge in [-0.2, -0.15) is 0 Å². The smallest absolute Gasteiger partial charge is 0.224 e. The summed E-state index contributed by atoms with van der Waals surface area (Å²) < 4.78 is 4.74. The van der Waals surface area contributed by atoms with E-state index in [-0.39, 0.29) is 5.75 Å². The van der Waals surface area contributed by atoms with Crippen molar-refractivity contribution in [1.82, 2.24) is 10.3 Å². The zero-order chi connectivity index (χ0) is 13.8. The zero-order valence-corrected chi connectivity index (χ0v) is 10.5. The summed E-state index contributed by atoms with van der Waals surface area (Å²) in [6, 6.07) is 16.5. The lowest BCUT2D eigenvalue weighted by atomic mass is 10.1. The average Bonchev–Trinajstić information content (AvgIpc) is 2.96. The van der Waals surface area contributed by atoms with Gasteiger partial charge in [0, 0.05) is 17.3 Å². The highest BCUT2D eigenvalue weighted by Crippen LogP contribution is 2.26. The topological polar surface area (TPSA) is 71.5 Å². The number of phenols is 1. The lowest BCUT2D eigenvalue weighted by Gasteiger charge is -1.97. The molecule has 1 aromatic heterocycles. The Morgan fingerprint density at radius 3 is 2.50 bits per heavy atom. The summed E-state index contributed by atoms with van der Waals surface area (Å²) in [6.07, 6.45) is 1.53. The van der Waals surface area contributed by atoms with Crippen molar-refractivity contribution in [2.45, 2.75) is 0 Å². The fourth-order valence-electron chi connectivity index (χ4n) is 1.77. The van der Waals surface area contributed by atoms with Crippen molar-refractivity contribution < 1.29 is 9.74 Å². The highest BCUT2D eigenvalue weighted by molar-refractivity contribution is 5.86. The SMILES string of the molecule is Oc1ccccc1C=Nc1nonc1-c1ccccc1. The summed E-state index contributed by atoms with van der Waals surface area (Å²) in [7, 11) is 0. The number of hydrogen-bond donors (Lipinski definition) is 1. The van der Waals surface area contributed by atoms with Crippen LogP contribution >= 0.6 is 0 Å². The Labute approximate surface area is 115 Å². The molecule has 3 rings (SSSR count). The first-order valence-corrected chi connectivity index (χ1v) is 6.04. The zero-order valence-electron chi connectivity index (χ0n) is 10.5. The lowest BCUT2D eigenvalue weighted by Crippen LogP contribution is -1.82. The molecule has 2 aromatic carbocycles. The molecule has 0 aliphatic carbocycles. The fraction of sp³-hybridized carbons (Fsp3) is 0. The van der Waals surface area contributed by atoms with Crippen molar-refractivity contribution >= 4 is 12.0 Å². The Hall–Kier alpha value is -2.95. The Balaban J connectivity index is 1.94. The first kappa shape index (κ1) is 12.1. The molecule has 0 bridgehead atoms. The Morgan fingerprint density at radius 2 is 1.70 bits per heavy atom. The summed E-state index contributed by atoms with van der Waals surface area (Å²) in [6.45, 7) is 0. The monoisotopic (exact) mass is 265 g/mol. The molecule has 0 radical (unpaired) electrons. The van der Waals surface area contributed by atoms with Crippen molar-refractivity contribution in [2.24, 2.45) is 4.99 Å². The lowest BCUT2D eigenvalue weighted by molar-refractivity contribution is 0.310. The molecule has 0 aliphatic heterocycles. The second-order valence-corrected chi connectivity index (χ2v) is 4.12. The van der Waals surface area contributed by atoms with Crippen LogP contribution in [0, 0.1) is 0 Å². The maximum absolute atomic E-state index is 9.67. The van der Waals surface area contributed by atoms with Gasteiger partial charge in [0.1, 0.15) is 5.75 Å². The van der Waals surface area contributed by atoms with Crippen LogP contribution in [0.5, 0.6) is 5.75 Å². The Kier molecular flexibility index (Phi) is 3.24. The number of para-hydroxylation sites is 1. The Morgan fingerprint density at radius 1 is 0.950 bits per heavy atom. The number of aromatic hydroxyl groups is 1. The number of benzene rings is 2. The molecular formula is C15H11N3O2. The van der Waals surface area contributed by atoms with Gasteiger partial charge >= 0.3 is 0 Å². The van der Waals surface area contributed by atoms with E-state index >= 15 is 0 Å². The van der Waals surface area contributed by atoms with Crippen LogP contribution in [0.25, 0.3) is 11.3 Å². The molecule has 5 nitrogen and oxygen atoms in total. The second-order valence-electron chi connectivity index (χ2n) is 4.12. The predicted molar refractivity (Wildman–Crippen MR) is 75.1 cm³/mol. The molecule has 1 heterocycles. The maximum Gasteiger partial charge on any atom is 0.224 e. The molecule has 0 saturated carbocycles. The highest BCUT2D eigenvalue weighted by Gasteiger charge is 2.10. The second kappa shape index (κ2) is 5.36. The molecule has 0 amide bonds. The molecule has 0 unspecified atom stereocenters. The van der Waals surface area contributed by atoms with E-state index in [2.05, 4.69) is 15.3 Å². The van der Waals surface area contributed by atoms with E-state index in [1.54, 1.807) is 18.2 Å². The first-order chi connectivity index (χ1) is 9.84. The third kappa shape index (κ3) is 2.42. The van der Waals surface area contributed by atoms with Gasteiger partial charge in [0.2, 0.25) is 5.82 Å². The van der Waals surface area contributed by atoms with Gasteiger partial charge in [0.05, 0.1) is 0 Å². The molecule has 98 valence electrons. The standard InChI is InChI=1S/C15H11N3O2/c19-13-9-5-4-8-12(13)10-16-15-14(17-20-18-15)11-6-2-1-3-7-11/h1-10,19H. The quantitative estimate of drug-likeness (QED) is 0.738. The normalized spacial score (nSPS) is 11.0. The number of rotatable bonds is 3. The summed E-state index contributed by atoms with van der Waals surface area (Å²) >= 11 is 0. The molecule has 0 fully saturated rings. The molecule has 0 atom stereocenters. The van der Waals surface area contributed by atoms with Gasteiger partial charge in [-0.1, -0.05) is 42.5 Å². The molecule has 0 spiro atoms. The molecular weight excluding hydrogens is 254 g/mol. The van der Waals surface area contributed by atoms with E-state index in [4.69, 9.17) is 4.63 Å². The minimum atomic E-state index is 0.161. The van der Waals surface area contributed by atoms with E-state index in [1.807, 2.05) is 36.4 Å². The van der Waals surface area contributed by atoms with Crippen molar-refractivity contribution in [3.63, 3.8) is 0 Å². The number of phenolic OH excluding ortho intramolecular Hbond substituents is 1. The van der Waals surface area contributed by atoms with Crippen LogP contribution < -0.4 is 0 Å². The van der Waals surface area contributed by atoms with E-state index in [1.165, 1.54) is 6.21 Å². The van der Waals surface area contributed by atoms with Crippen molar-refractivity contribution in [2.75, 3.05) is 0 Å². The van der Waals surface area contributed by atoms with Crippen LogP contribution in [0.1, 0.15) is 5.56 Å². The van der Waals surface area contributed by atoms with Gasteiger partial charge < -0.3 is 5.11 Å². The average molecular weight is 265 g/mol. The predicted octanol–water partition coefficient (Wildman–Crippen LogP) is 3.19. The van der Waals surface area contributed by atoms with Crippen LogP contribution in [0.2, 0.25) is 0 Å². The van der Waals surface area contributed by atoms with E-state index in [0.29, 0.717) is 17.1 Å². The molecule has 0 saturated heterocycles. The van der Waals surface area contributed by atoms with Crippen LogP contribution in [0.3, 0.4) is 0 Å². The van der Waals surface area contributed by atoms with E-state index in [9.17, 15) is 5.11 Å². The third-order valence-electron chi connectivity index (χ3n) is 2.78. The van der Waals surface area contributed by atoms with Crippen LogP contribution in [-0.2, 0) is 0 Å². The summed E-state index contributed by atoms with van der Waals surface area (Å²) in [5.41, 5.74) is 2.05. The van der Waals surface area contributed by atoms with Crippen molar-refractivity contribution in [1.29, 1.82) is 0 Å². The Bertz CT molecular complexity index is 736. The number of aromatic nitrogens is 2. The fourth-order valence-corrected chi connectivity index (χ4v) is 1.77. The van der Waals surface area contributed by atoms with E-state index in [0.717, 1.165) is 5.56 Å². The van der Waals surface area contributed by atoms with Crippen molar-refractivity contribution in [3.8, 4) is 17.0 Å². The summed E-state index contributed by atoms with van der Waals surface area (Å²) in [4.78, 5) is 4.22. The largest absolute Gasteiger partial charge is 0.507 e. The first-order valence-electron chi connectivity index (χ1n) is 6.04. The van der Waals surface area contributed by atoms with Gasteiger partial charge in [-0.25, -0.2) is 9.62 Å². The summed E-state index contributed by atoms with van der Waals surface area (Å²) in [5, 5.41) is 17.3. The van der Waals surface area contributed by atoms with Gasteiger partial charge in [0.25, 0.3) is 0 Å². The van der Waals surface area contributed by atoms with Gasteiger partial charge in [-0.15, -0.1) is 0 Å². The molecule has 20 heavy (non-hydrogen) atoms. The maximum atomic E-state index is 9.67. The molecule has 0 aliphatic rings. The molecule has 1 N–H and O–H groups in total. The molecule has 3 aromatic rings. The van der Waals surface area contributed by atoms with Gasteiger partial charge in [0.15, 0.2) is 5.69 Å². The highest BCUT2D eigenvalue weighted by atomic mass is 16.6. The van der Waals surface area contributed by atoms with Crippen LogP contribution in [0.4, 0.5) is 5.82 Å². The molecule has 5 heteroatoms. The van der Waals surface area contributed by atoms with Crippen LogP contribution in [-0.4, -0.2) is 21.6 Å². The number of nitrogens with zero attached hydrogens (tertiary/aromatic N) is 3. The minimum absolute atomic E-state index is 0.161. The minimum Gasteiger partial charge on any atom is -0.507 e. The summed E-state index contributed by atoms with van der Waals surface area (Å²) in [5.74, 6) is 0.536. The third-order valence-corrected chi connectivity index (χ3v) is 2.78. The van der Waals surface area contributed by atoms with Gasteiger partial charge in [-0.3, -0.25) is 0 Å². The van der Waals surface area contributed by atoms with Crippen LogP contribution in [0.15, 0.2) is 64.2 Å². The number of aliphatic imine (C=N–C) groups is 1. The van der Waals surface area contributed by atoms with E-state index < -0.39 is 0 Å².